The maximum Gasteiger partial charge on any atom is 0.254 e. The number of anilines is 1. The number of halogens is 1. The summed E-state index contributed by atoms with van der Waals surface area (Å²) in [4.78, 5) is 43.9. The van der Waals surface area contributed by atoms with Gasteiger partial charge in [0.1, 0.15) is 12.4 Å². The van der Waals surface area contributed by atoms with E-state index in [0.29, 0.717) is 40.9 Å². The van der Waals surface area contributed by atoms with E-state index in [1.54, 1.807) is 43.9 Å². The van der Waals surface area contributed by atoms with Crippen molar-refractivity contribution in [1.82, 2.24) is 14.5 Å². The molecular formula is C23H27ClN4O4. The number of aryl methyl sites for hydroxylation is 1. The molecule has 2 fully saturated rings. The standard InChI is InChI=1S/C23H27ClN4O4/c1-13-25-19(17-7-6-16(24)8-18(17)26-22(31)14-4-5-14)9-20(29)28(13)12-21(30)27-10-15(11-27)23(2,3)32/h6-9,14-15,32H,4-5,10-12H2,1-3H3,(H,26,31). The zero-order valence-electron chi connectivity index (χ0n) is 18.4. The van der Waals surface area contributed by atoms with Gasteiger partial charge in [-0.25, -0.2) is 4.98 Å². The lowest BCUT2D eigenvalue weighted by Crippen LogP contribution is -2.58. The maximum atomic E-state index is 12.8. The molecule has 2 amide bonds. The average molecular weight is 459 g/mol. The molecule has 2 N–H and O–H groups in total. The quantitative estimate of drug-likeness (QED) is 0.691. The number of carbonyl (C=O) groups excluding carboxylic acids is 2. The molecule has 1 saturated heterocycles. The minimum atomic E-state index is -0.835. The number of nitrogens with zero attached hydrogens (tertiary/aromatic N) is 3. The first-order valence-electron chi connectivity index (χ1n) is 10.7. The van der Waals surface area contributed by atoms with Crippen LogP contribution in [0.3, 0.4) is 0 Å². The van der Waals surface area contributed by atoms with Gasteiger partial charge in [-0.15, -0.1) is 0 Å². The molecule has 170 valence electrons. The topological polar surface area (TPSA) is 105 Å². The summed E-state index contributed by atoms with van der Waals surface area (Å²) in [6.07, 6.45) is 1.74. The van der Waals surface area contributed by atoms with Crippen molar-refractivity contribution >= 4 is 29.1 Å². The molecule has 2 heterocycles. The summed E-state index contributed by atoms with van der Waals surface area (Å²) >= 11 is 6.12. The first-order chi connectivity index (χ1) is 15.0. The summed E-state index contributed by atoms with van der Waals surface area (Å²) in [5.74, 6) is 0.194. The number of hydrogen-bond donors (Lipinski definition) is 2. The van der Waals surface area contributed by atoms with Crippen LogP contribution in [0.25, 0.3) is 11.3 Å². The van der Waals surface area contributed by atoms with Gasteiger partial charge in [-0.3, -0.25) is 19.0 Å². The minimum Gasteiger partial charge on any atom is -0.390 e. The molecule has 0 spiro atoms. The predicted molar refractivity (Wildman–Crippen MR) is 121 cm³/mol. The van der Waals surface area contributed by atoms with E-state index in [1.165, 1.54) is 10.6 Å². The molecule has 1 aromatic heterocycles. The Morgan fingerprint density at radius 3 is 2.53 bits per heavy atom. The van der Waals surface area contributed by atoms with Gasteiger partial charge < -0.3 is 15.3 Å². The maximum absolute atomic E-state index is 12.8. The highest BCUT2D eigenvalue weighted by molar-refractivity contribution is 6.31. The number of aromatic nitrogens is 2. The Labute approximate surface area is 191 Å². The monoisotopic (exact) mass is 458 g/mol. The van der Waals surface area contributed by atoms with Crippen molar-refractivity contribution in [3.63, 3.8) is 0 Å². The number of rotatable bonds is 6. The van der Waals surface area contributed by atoms with Crippen LogP contribution >= 0.6 is 11.6 Å². The van der Waals surface area contributed by atoms with Crippen LogP contribution in [-0.4, -0.2) is 50.1 Å². The van der Waals surface area contributed by atoms with E-state index in [9.17, 15) is 19.5 Å². The molecule has 0 unspecified atom stereocenters. The molecule has 1 aromatic carbocycles. The number of amides is 2. The van der Waals surface area contributed by atoms with Crippen LogP contribution in [-0.2, 0) is 16.1 Å². The second-order valence-electron chi connectivity index (χ2n) is 9.22. The Hall–Kier alpha value is -2.71. The van der Waals surface area contributed by atoms with Gasteiger partial charge >= 0.3 is 0 Å². The highest BCUT2D eigenvalue weighted by atomic mass is 35.5. The van der Waals surface area contributed by atoms with Crippen LogP contribution in [0.5, 0.6) is 0 Å². The van der Waals surface area contributed by atoms with E-state index in [0.717, 1.165) is 12.8 Å². The Bertz CT molecular complexity index is 1130. The minimum absolute atomic E-state index is 0.0213. The summed E-state index contributed by atoms with van der Waals surface area (Å²) in [6.45, 7) is 5.96. The van der Waals surface area contributed by atoms with Crippen molar-refractivity contribution in [2.75, 3.05) is 18.4 Å². The number of benzene rings is 1. The van der Waals surface area contributed by atoms with Gasteiger partial charge in [0, 0.05) is 41.6 Å². The van der Waals surface area contributed by atoms with Crippen molar-refractivity contribution in [2.24, 2.45) is 11.8 Å². The third-order valence-electron chi connectivity index (χ3n) is 6.19. The molecule has 0 bridgehead atoms. The summed E-state index contributed by atoms with van der Waals surface area (Å²) < 4.78 is 1.33. The molecule has 1 aliphatic carbocycles. The Morgan fingerprint density at radius 1 is 1.25 bits per heavy atom. The second-order valence-corrected chi connectivity index (χ2v) is 9.65. The Balaban J connectivity index is 1.54. The fourth-order valence-corrected chi connectivity index (χ4v) is 3.91. The van der Waals surface area contributed by atoms with Gasteiger partial charge in [-0.2, -0.15) is 0 Å². The zero-order valence-corrected chi connectivity index (χ0v) is 19.1. The van der Waals surface area contributed by atoms with Crippen molar-refractivity contribution in [3.8, 4) is 11.3 Å². The number of likely N-dealkylation sites (tertiary alicyclic amines) is 1. The average Bonchev–Trinajstić information content (AvgIpc) is 3.47. The fraction of sp³-hybridized carbons (Fsp3) is 0.478. The third kappa shape index (κ3) is 4.71. The number of nitrogens with one attached hydrogen (secondary N) is 1. The van der Waals surface area contributed by atoms with Crippen LogP contribution in [0.2, 0.25) is 5.02 Å². The van der Waals surface area contributed by atoms with Gasteiger partial charge in [0.15, 0.2) is 0 Å². The number of hydrogen-bond acceptors (Lipinski definition) is 5. The lowest BCUT2D eigenvalue weighted by atomic mass is 9.84. The molecule has 8 nitrogen and oxygen atoms in total. The van der Waals surface area contributed by atoms with E-state index >= 15 is 0 Å². The molecule has 2 aromatic rings. The van der Waals surface area contributed by atoms with E-state index in [4.69, 9.17) is 11.6 Å². The Morgan fingerprint density at radius 2 is 1.94 bits per heavy atom. The zero-order chi connectivity index (χ0) is 23.2. The fourth-order valence-electron chi connectivity index (χ4n) is 3.74. The molecule has 4 rings (SSSR count). The summed E-state index contributed by atoms with van der Waals surface area (Å²) in [5.41, 5.74) is 0.322. The molecule has 32 heavy (non-hydrogen) atoms. The lowest BCUT2D eigenvalue weighted by molar-refractivity contribution is -0.145. The molecule has 1 aliphatic heterocycles. The van der Waals surface area contributed by atoms with Crippen molar-refractivity contribution in [1.29, 1.82) is 0 Å². The molecule has 2 aliphatic rings. The summed E-state index contributed by atoms with van der Waals surface area (Å²) in [5, 5.41) is 13.4. The largest absolute Gasteiger partial charge is 0.390 e. The van der Waals surface area contributed by atoms with E-state index < -0.39 is 5.60 Å². The van der Waals surface area contributed by atoms with Crippen LogP contribution < -0.4 is 10.9 Å². The van der Waals surface area contributed by atoms with Crippen LogP contribution in [0.4, 0.5) is 5.69 Å². The van der Waals surface area contributed by atoms with Crippen LogP contribution in [0.1, 0.15) is 32.5 Å². The number of carbonyl (C=O) groups is 2. The predicted octanol–water partition coefficient (Wildman–Crippen LogP) is 2.45. The lowest BCUT2D eigenvalue weighted by Gasteiger charge is -2.45. The molecule has 0 radical (unpaired) electrons. The summed E-state index contributed by atoms with van der Waals surface area (Å²) in [7, 11) is 0. The molecule has 0 atom stereocenters. The normalized spacial score (nSPS) is 16.6. The molecule has 9 heteroatoms. The van der Waals surface area contributed by atoms with Gasteiger partial charge in [0.2, 0.25) is 11.8 Å². The van der Waals surface area contributed by atoms with Crippen LogP contribution in [0, 0.1) is 18.8 Å². The smallest absolute Gasteiger partial charge is 0.254 e. The SMILES string of the molecule is Cc1nc(-c2ccc(Cl)cc2NC(=O)C2CC2)cc(=O)n1CC(=O)N1CC(C(C)(C)O)C1. The third-order valence-corrected chi connectivity index (χ3v) is 6.42. The van der Waals surface area contributed by atoms with Gasteiger partial charge in [0.25, 0.3) is 5.56 Å². The van der Waals surface area contributed by atoms with Gasteiger partial charge in [0.05, 0.1) is 17.0 Å². The highest BCUT2D eigenvalue weighted by Crippen LogP contribution is 2.34. The van der Waals surface area contributed by atoms with Crippen molar-refractivity contribution < 1.29 is 14.7 Å². The van der Waals surface area contributed by atoms with Crippen molar-refractivity contribution in [3.05, 3.63) is 45.5 Å². The van der Waals surface area contributed by atoms with E-state index in [-0.39, 0.29) is 35.8 Å². The summed E-state index contributed by atoms with van der Waals surface area (Å²) in [6, 6.07) is 6.41. The van der Waals surface area contributed by atoms with E-state index in [2.05, 4.69) is 10.3 Å². The molecular weight excluding hydrogens is 432 g/mol. The Kier molecular flexibility index (Phi) is 5.85. The highest BCUT2D eigenvalue weighted by Gasteiger charge is 2.39. The first kappa shape index (κ1) is 22.5. The second kappa shape index (κ2) is 8.33. The first-order valence-corrected chi connectivity index (χ1v) is 11.1. The number of aliphatic hydroxyl groups is 1. The van der Waals surface area contributed by atoms with E-state index in [1.807, 2.05) is 0 Å². The van der Waals surface area contributed by atoms with Gasteiger partial charge in [-0.05, 0) is 51.8 Å². The van der Waals surface area contributed by atoms with Gasteiger partial charge in [-0.1, -0.05) is 11.6 Å². The molecule has 1 saturated carbocycles. The van der Waals surface area contributed by atoms with Crippen molar-refractivity contribution in [2.45, 2.75) is 45.8 Å². The van der Waals surface area contributed by atoms with Crippen LogP contribution in [0.15, 0.2) is 29.1 Å².